The number of alkyl halides is 1. The molecule has 0 saturated carbocycles. The van der Waals surface area contributed by atoms with Crippen LogP contribution >= 0.6 is 22.6 Å². The van der Waals surface area contributed by atoms with Crippen LogP contribution in [-0.2, 0) is 9.53 Å². The van der Waals surface area contributed by atoms with Gasteiger partial charge < -0.3 is 10.1 Å². The standard InChI is InChI=1S/C11H20INO2/c1-9-10(5-8-15-9)11(14)13-7-4-2-3-6-12/h9-10H,2-8H2,1H3,(H,13,14). The predicted molar refractivity (Wildman–Crippen MR) is 69.3 cm³/mol. The van der Waals surface area contributed by atoms with Crippen molar-refractivity contribution < 1.29 is 9.53 Å². The number of amides is 1. The van der Waals surface area contributed by atoms with Crippen LogP contribution in [0, 0.1) is 5.92 Å². The van der Waals surface area contributed by atoms with Gasteiger partial charge in [0.1, 0.15) is 0 Å². The smallest absolute Gasteiger partial charge is 0.225 e. The van der Waals surface area contributed by atoms with Gasteiger partial charge in [-0.05, 0) is 30.6 Å². The van der Waals surface area contributed by atoms with Gasteiger partial charge in [0.25, 0.3) is 0 Å². The van der Waals surface area contributed by atoms with Gasteiger partial charge in [-0.1, -0.05) is 29.0 Å². The first kappa shape index (κ1) is 13.2. The molecular formula is C11H20INO2. The summed E-state index contributed by atoms with van der Waals surface area (Å²) >= 11 is 2.38. The lowest BCUT2D eigenvalue weighted by Crippen LogP contribution is -2.34. The van der Waals surface area contributed by atoms with E-state index in [-0.39, 0.29) is 17.9 Å². The maximum absolute atomic E-state index is 11.7. The fourth-order valence-corrected chi connectivity index (χ4v) is 2.35. The molecule has 3 nitrogen and oxygen atoms in total. The van der Waals surface area contributed by atoms with Gasteiger partial charge in [-0.15, -0.1) is 0 Å². The van der Waals surface area contributed by atoms with Crippen LogP contribution in [0.25, 0.3) is 0 Å². The Bertz CT molecular complexity index is 199. The second kappa shape index (κ2) is 7.44. The molecule has 1 N–H and O–H groups in total. The monoisotopic (exact) mass is 325 g/mol. The Morgan fingerprint density at radius 1 is 1.47 bits per heavy atom. The van der Waals surface area contributed by atoms with Crippen molar-refractivity contribution in [2.24, 2.45) is 5.92 Å². The maximum Gasteiger partial charge on any atom is 0.225 e. The number of nitrogens with one attached hydrogen (secondary N) is 1. The molecule has 1 heterocycles. The zero-order chi connectivity index (χ0) is 11.1. The third kappa shape index (κ3) is 4.68. The summed E-state index contributed by atoms with van der Waals surface area (Å²) in [4.78, 5) is 11.7. The number of carbonyl (C=O) groups excluding carboxylic acids is 1. The molecule has 15 heavy (non-hydrogen) atoms. The summed E-state index contributed by atoms with van der Waals surface area (Å²) < 4.78 is 6.58. The molecule has 0 spiro atoms. The summed E-state index contributed by atoms with van der Waals surface area (Å²) in [6.07, 6.45) is 4.52. The summed E-state index contributed by atoms with van der Waals surface area (Å²) in [5.41, 5.74) is 0. The van der Waals surface area contributed by atoms with E-state index in [0.717, 1.165) is 26.0 Å². The first-order valence-electron chi connectivity index (χ1n) is 5.71. The molecule has 1 saturated heterocycles. The summed E-state index contributed by atoms with van der Waals surface area (Å²) in [6, 6.07) is 0. The van der Waals surface area contributed by atoms with E-state index in [2.05, 4.69) is 27.9 Å². The molecule has 0 aliphatic carbocycles. The molecule has 4 heteroatoms. The Morgan fingerprint density at radius 3 is 2.87 bits per heavy atom. The van der Waals surface area contributed by atoms with E-state index in [1.54, 1.807) is 0 Å². The number of hydrogen-bond donors (Lipinski definition) is 1. The Hall–Kier alpha value is 0.160. The number of carbonyl (C=O) groups is 1. The highest BCUT2D eigenvalue weighted by atomic mass is 127. The molecular weight excluding hydrogens is 305 g/mol. The Kier molecular flexibility index (Phi) is 6.56. The molecule has 2 atom stereocenters. The minimum Gasteiger partial charge on any atom is -0.378 e. The Balaban J connectivity index is 2.08. The number of hydrogen-bond acceptors (Lipinski definition) is 2. The quantitative estimate of drug-likeness (QED) is 0.462. The second-order valence-corrected chi connectivity index (χ2v) is 5.09. The molecule has 1 aliphatic heterocycles. The lowest BCUT2D eigenvalue weighted by Gasteiger charge is -2.13. The Morgan fingerprint density at radius 2 is 2.27 bits per heavy atom. The van der Waals surface area contributed by atoms with Crippen molar-refractivity contribution >= 4 is 28.5 Å². The predicted octanol–water partition coefficient (Wildman–Crippen LogP) is 2.13. The fraction of sp³-hybridized carbons (Fsp3) is 0.909. The van der Waals surface area contributed by atoms with Crippen LogP contribution in [0.2, 0.25) is 0 Å². The van der Waals surface area contributed by atoms with Gasteiger partial charge in [-0.25, -0.2) is 0 Å². The highest BCUT2D eigenvalue weighted by Gasteiger charge is 2.30. The lowest BCUT2D eigenvalue weighted by molar-refractivity contribution is -0.126. The van der Waals surface area contributed by atoms with Gasteiger partial charge in [-0.2, -0.15) is 0 Å². The fourth-order valence-electron chi connectivity index (χ4n) is 1.81. The highest BCUT2D eigenvalue weighted by Crippen LogP contribution is 2.20. The van der Waals surface area contributed by atoms with Crippen molar-refractivity contribution in [3.8, 4) is 0 Å². The van der Waals surface area contributed by atoms with Crippen LogP contribution in [0.15, 0.2) is 0 Å². The molecule has 0 bridgehead atoms. The van der Waals surface area contributed by atoms with Crippen LogP contribution < -0.4 is 5.32 Å². The summed E-state index contributed by atoms with van der Waals surface area (Å²) in [5, 5.41) is 2.99. The van der Waals surface area contributed by atoms with E-state index < -0.39 is 0 Å². The van der Waals surface area contributed by atoms with Crippen molar-refractivity contribution in [3.63, 3.8) is 0 Å². The van der Waals surface area contributed by atoms with Crippen LogP contribution in [0.1, 0.15) is 32.6 Å². The summed E-state index contributed by atoms with van der Waals surface area (Å²) in [5.74, 6) is 0.254. The molecule has 2 unspecified atom stereocenters. The maximum atomic E-state index is 11.7. The van der Waals surface area contributed by atoms with Gasteiger partial charge in [-0.3, -0.25) is 4.79 Å². The molecule has 0 aromatic heterocycles. The SMILES string of the molecule is CC1OCCC1C(=O)NCCCCCI. The van der Waals surface area contributed by atoms with Gasteiger partial charge >= 0.3 is 0 Å². The van der Waals surface area contributed by atoms with Crippen LogP contribution in [0.3, 0.4) is 0 Å². The second-order valence-electron chi connectivity index (χ2n) is 4.01. The minimum absolute atomic E-state index is 0.0783. The number of ether oxygens (including phenoxy) is 1. The van der Waals surface area contributed by atoms with E-state index >= 15 is 0 Å². The molecule has 1 amide bonds. The molecule has 1 rings (SSSR count). The number of unbranched alkanes of at least 4 members (excludes halogenated alkanes) is 2. The van der Waals surface area contributed by atoms with E-state index in [0.29, 0.717) is 0 Å². The molecule has 0 aromatic rings. The van der Waals surface area contributed by atoms with Crippen LogP contribution in [0.5, 0.6) is 0 Å². The van der Waals surface area contributed by atoms with E-state index in [4.69, 9.17) is 4.74 Å². The van der Waals surface area contributed by atoms with Gasteiger partial charge in [0, 0.05) is 13.2 Å². The largest absolute Gasteiger partial charge is 0.378 e. The van der Waals surface area contributed by atoms with Crippen molar-refractivity contribution in [3.05, 3.63) is 0 Å². The molecule has 0 aromatic carbocycles. The number of rotatable bonds is 6. The van der Waals surface area contributed by atoms with E-state index in [9.17, 15) is 4.79 Å². The minimum atomic E-state index is 0.0783. The molecule has 1 aliphatic rings. The van der Waals surface area contributed by atoms with Crippen LogP contribution in [0.4, 0.5) is 0 Å². The highest BCUT2D eigenvalue weighted by molar-refractivity contribution is 14.1. The molecule has 1 fully saturated rings. The normalized spacial score (nSPS) is 25.5. The topological polar surface area (TPSA) is 38.3 Å². The average Bonchev–Trinajstić information content (AvgIpc) is 2.64. The molecule has 0 radical (unpaired) electrons. The lowest BCUT2D eigenvalue weighted by atomic mass is 10.0. The Labute approximate surface area is 105 Å². The summed E-state index contributed by atoms with van der Waals surface area (Å²) in [7, 11) is 0. The van der Waals surface area contributed by atoms with Crippen molar-refractivity contribution in [1.82, 2.24) is 5.32 Å². The van der Waals surface area contributed by atoms with E-state index in [1.807, 2.05) is 6.92 Å². The summed E-state index contributed by atoms with van der Waals surface area (Å²) in [6.45, 7) is 3.53. The average molecular weight is 325 g/mol. The first-order valence-corrected chi connectivity index (χ1v) is 7.23. The van der Waals surface area contributed by atoms with Crippen molar-refractivity contribution in [1.29, 1.82) is 0 Å². The first-order chi connectivity index (χ1) is 7.25. The van der Waals surface area contributed by atoms with Crippen LogP contribution in [-0.4, -0.2) is 29.6 Å². The third-order valence-electron chi connectivity index (χ3n) is 2.82. The van der Waals surface area contributed by atoms with Gasteiger partial charge in [0.15, 0.2) is 0 Å². The molecule has 88 valence electrons. The number of halogens is 1. The van der Waals surface area contributed by atoms with Crippen molar-refractivity contribution in [2.45, 2.75) is 38.7 Å². The van der Waals surface area contributed by atoms with Gasteiger partial charge in [0.2, 0.25) is 5.91 Å². The third-order valence-corrected chi connectivity index (χ3v) is 3.59. The van der Waals surface area contributed by atoms with E-state index in [1.165, 1.54) is 17.3 Å². The zero-order valence-electron chi connectivity index (χ0n) is 9.30. The zero-order valence-corrected chi connectivity index (χ0v) is 11.5. The van der Waals surface area contributed by atoms with Gasteiger partial charge in [0.05, 0.1) is 12.0 Å². The van der Waals surface area contributed by atoms with Crippen molar-refractivity contribution in [2.75, 3.05) is 17.6 Å².